The van der Waals surface area contributed by atoms with Crippen LogP contribution in [-0.2, 0) is 13.9 Å². The third-order valence-corrected chi connectivity index (χ3v) is 9.50. The van der Waals surface area contributed by atoms with Gasteiger partial charge in [0.25, 0.3) is 7.52 Å². The van der Waals surface area contributed by atoms with Gasteiger partial charge in [-0.15, -0.1) is 0 Å². The number of aromatic nitrogens is 4. The number of nitrogens with zero attached hydrogens (tertiary/aromatic N) is 4. The van der Waals surface area contributed by atoms with Crippen molar-refractivity contribution in [2.45, 2.75) is 37.5 Å². The van der Waals surface area contributed by atoms with Crippen LogP contribution < -0.4 is 10.4 Å². The number of anilines is 1. The highest BCUT2D eigenvalue weighted by Crippen LogP contribution is 2.52. The number of rotatable bonds is 9. The predicted molar refractivity (Wildman–Crippen MR) is 129 cm³/mol. The first kappa shape index (κ1) is 28.0. The van der Waals surface area contributed by atoms with Gasteiger partial charge in [0, 0.05) is 6.54 Å². The van der Waals surface area contributed by atoms with E-state index in [2.05, 4.69) is 25.4 Å². The second-order valence-corrected chi connectivity index (χ2v) is 13.0. The van der Waals surface area contributed by atoms with Gasteiger partial charge in [-0.2, -0.15) is 9.97 Å². The van der Waals surface area contributed by atoms with Crippen LogP contribution in [0.5, 0.6) is 0 Å². The molecule has 0 amide bonds. The molecule has 1 aromatic carbocycles. The maximum Gasteiger partial charge on any atom is 0.336 e. The maximum absolute atomic E-state index is 13.3. The molecule has 37 heavy (non-hydrogen) atoms. The Morgan fingerprint density at radius 2 is 1.84 bits per heavy atom. The lowest BCUT2D eigenvalue weighted by Crippen LogP contribution is -2.37. The van der Waals surface area contributed by atoms with Gasteiger partial charge in [-0.1, -0.05) is 12.1 Å². The maximum atomic E-state index is 13.3. The standard InChI is InChI=1S/C19H24ClFN6O8P2/c1-9(10-2-4-11(21)5-3-10)24-16-13-17(26-19(20)25-16)27(7-22-13)18-15(29)14(28)12(35-18)6-23-36(30,31)8-37(32,33)34/h2-5,7,9,12,14-15,18,28-29H,6,8H2,1H3,(H2,23,30,31)(H,24,25,26)(H2,32,33,34)/t9-,12+,14?,15?,18+/m0/s1. The number of halogens is 2. The molecule has 3 unspecified atom stereocenters. The van der Waals surface area contributed by atoms with E-state index in [1.54, 1.807) is 12.1 Å². The van der Waals surface area contributed by atoms with Crippen LogP contribution >= 0.6 is 26.7 Å². The van der Waals surface area contributed by atoms with Crippen LogP contribution in [0.3, 0.4) is 0 Å². The molecule has 0 bridgehead atoms. The summed E-state index contributed by atoms with van der Waals surface area (Å²) in [7, 11) is -9.25. The van der Waals surface area contributed by atoms with Crippen molar-refractivity contribution in [1.82, 2.24) is 24.6 Å². The highest BCUT2D eigenvalue weighted by Gasteiger charge is 2.45. The molecule has 14 nitrogen and oxygen atoms in total. The van der Waals surface area contributed by atoms with Crippen molar-refractivity contribution < 1.29 is 43.2 Å². The number of nitrogens with one attached hydrogen (secondary N) is 2. The van der Waals surface area contributed by atoms with E-state index in [-0.39, 0.29) is 34.1 Å². The van der Waals surface area contributed by atoms with Gasteiger partial charge >= 0.3 is 7.60 Å². The summed E-state index contributed by atoms with van der Waals surface area (Å²) < 4.78 is 43.3. The number of imidazole rings is 1. The van der Waals surface area contributed by atoms with Gasteiger partial charge in [0.15, 0.2) is 23.2 Å². The zero-order valence-corrected chi connectivity index (χ0v) is 21.6. The predicted octanol–water partition coefficient (Wildman–Crippen LogP) is 1.32. The van der Waals surface area contributed by atoms with Crippen molar-refractivity contribution in [3.8, 4) is 0 Å². The summed E-state index contributed by atoms with van der Waals surface area (Å²) >= 11 is 6.12. The molecule has 2 aromatic heterocycles. The van der Waals surface area contributed by atoms with Gasteiger partial charge in [-0.25, -0.2) is 14.5 Å². The summed E-state index contributed by atoms with van der Waals surface area (Å²) in [6.45, 7) is 1.32. The van der Waals surface area contributed by atoms with Crippen LogP contribution in [0, 0.1) is 5.82 Å². The minimum absolute atomic E-state index is 0.146. The summed E-state index contributed by atoms with van der Waals surface area (Å²) in [4.78, 5) is 40.2. The molecule has 18 heteroatoms. The quantitative estimate of drug-likeness (QED) is 0.141. The van der Waals surface area contributed by atoms with Crippen LogP contribution in [-0.4, -0.2) is 75.2 Å². The molecule has 6 atom stereocenters. The van der Waals surface area contributed by atoms with Crippen LogP contribution in [0.1, 0.15) is 24.8 Å². The van der Waals surface area contributed by atoms with E-state index in [0.29, 0.717) is 0 Å². The van der Waals surface area contributed by atoms with Gasteiger partial charge in [-0.05, 0) is 36.2 Å². The fourth-order valence-corrected chi connectivity index (χ4v) is 6.90. The number of ether oxygens (including phenoxy) is 1. The summed E-state index contributed by atoms with van der Waals surface area (Å²) in [6.07, 6.45) is -4.22. The molecule has 0 spiro atoms. The lowest BCUT2D eigenvalue weighted by Gasteiger charge is -2.19. The Balaban J connectivity index is 1.55. The average molecular weight is 581 g/mol. The number of benzene rings is 1. The molecular weight excluding hydrogens is 557 g/mol. The number of hydrogen-bond acceptors (Lipinski definition) is 9. The van der Waals surface area contributed by atoms with Crippen LogP contribution in [0.15, 0.2) is 30.6 Å². The van der Waals surface area contributed by atoms with Crippen molar-refractivity contribution >= 4 is 43.7 Å². The van der Waals surface area contributed by atoms with E-state index in [0.717, 1.165) is 5.56 Å². The molecule has 202 valence electrons. The Kier molecular flexibility index (Phi) is 8.03. The highest BCUT2D eigenvalue weighted by molar-refractivity contribution is 7.71. The zero-order valence-electron chi connectivity index (χ0n) is 19.1. The minimum atomic E-state index is -4.79. The number of hydrogen-bond donors (Lipinski definition) is 7. The zero-order chi connectivity index (χ0) is 27.1. The van der Waals surface area contributed by atoms with Crippen LogP contribution in [0.2, 0.25) is 5.28 Å². The monoisotopic (exact) mass is 580 g/mol. The van der Waals surface area contributed by atoms with Crippen molar-refractivity contribution in [2.24, 2.45) is 0 Å². The Morgan fingerprint density at radius 3 is 2.49 bits per heavy atom. The summed E-state index contributed by atoms with van der Waals surface area (Å²) in [5.74, 6) is -1.44. The van der Waals surface area contributed by atoms with Crippen LogP contribution in [0.25, 0.3) is 11.2 Å². The first-order chi connectivity index (χ1) is 17.2. The molecule has 1 saturated heterocycles. The summed E-state index contributed by atoms with van der Waals surface area (Å²) in [5.41, 5.74) is 1.16. The molecule has 0 aliphatic carbocycles. The average Bonchev–Trinajstić information content (AvgIpc) is 3.32. The molecule has 1 fully saturated rings. The molecule has 0 saturated carbocycles. The Labute approximate surface area is 214 Å². The normalized spacial score (nSPS) is 24.8. The molecular formula is C19H24ClFN6O8P2. The van der Waals surface area contributed by atoms with E-state index in [1.807, 2.05) is 6.92 Å². The van der Waals surface area contributed by atoms with Gasteiger partial charge in [-0.3, -0.25) is 13.7 Å². The van der Waals surface area contributed by atoms with Crippen molar-refractivity contribution in [1.29, 1.82) is 0 Å². The van der Waals surface area contributed by atoms with E-state index in [1.165, 1.54) is 23.0 Å². The van der Waals surface area contributed by atoms with E-state index >= 15 is 0 Å². The number of aliphatic hydroxyl groups is 2. The lowest BCUT2D eigenvalue weighted by molar-refractivity contribution is -0.0331. The Hall–Kier alpha value is -2.03. The topological polar surface area (TPSA) is 212 Å². The van der Waals surface area contributed by atoms with E-state index in [9.17, 15) is 28.6 Å². The second kappa shape index (κ2) is 10.6. The second-order valence-electron chi connectivity index (χ2n) is 8.50. The van der Waals surface area contributed by atoms with Crippen molar-refractivity contribution in [2.75, 3.05) is 17.8 Å². The van der Waals surface area contributed by atoms with Gasteiger partial charge in [0.1, 0.15) is 30.0 Å². The molecule has 0 radical (unpaired) electrons. The smallest absolute Gasteiger partial charge is 0.336 e. The SMILES string of the molecule is C[C@H](Nc1nc(Cl)nc2c1ncn2[C@@H]1O[C@H](CNP(=O)(O)CP(=O)(O)O)C(O)C1O)c1ccc(F)cc1. The molecule has 4 rings (SSSR count). The van der Waals surface area contributed by atoms with Gasteiger partial charge in [0.2, 0.25) is 5.28 Å². The van der Waals surface area contributed by atoms with Crippen LogP contribution in [0.4, 0.5) is 10.2 Å². The fraction of sp³-hybridized carbons (Fsp3) is 0.421. The molecule has 3 aromatic rings. The molecule has 7 N–H and O–H groups in total. The van der Waals surface area contributed by atoms with Crippen molar-refractivity contribution in [3.63, 3.8) is 0 Å². The third-order valence-electron chi connectivity index (χ3n) is 5.64. The summed E-state index contributed by atoms with van der Waals surface area (Å²) in [6, 6.07) is 5.53. The largest absolute Gasteiger partial charge is 0.387 e. The molecule has 1 aliphatic heterocycles. The van der Waals surface area contributed by atoms with E-state index in [4.69, 9.17) is 26.1 Å². The Bertz CT molecular complexity index is 1370. The van der Waals surface area contributed by atoms with Crippen molar-refractivity contribution in [3.05, 3.63) is 47.3 Å². The van der Waals surface area contributed by atoms with Gasteiger partial charge < -0.3 is 34.9 Å². The van der Waals surface area contributed by atoms with Gasteiger partial charge in [0.05, 0.1) is 12.4 Å². The highest BCUT2D eigenvalue weighted by atomic mass is 35.5. The number of aliphatic hydroxyl groups excluding tert-OH is 2. The van der Waals surface area contributed by atoms with E-state index < -0.39 is 52.1 Å². The molecule has 3 heterocycles. The first-order valence-electron chi connectivity index (χ1n) is 10.8. The lowest BCUT2D eigenvalue weighted by atomic mass is 10.1. The Morgan fingerprint density at radius 1 is 1.16 bits per heavy atom. The fourth-order valence-electron chi connectivity index (χ4n) is 3.88. The summed E-state index contributed by atoms with van der Waals surface area (Å²) in [5, 5.41) is 26.1. The third kappa shape index (κ3) is 6.52. The minimum Gasteiger partial charge on any atom is -0.387 e. The molecule has 1 aliphatic rings. The number of fused-ring (bicyclic) bond motifs is 1. The first-order valence-corrected chi connectivity index (χ1v) is 14.8.